The smallest absolute Gasteiger partial charge is 0.0323 e. The number of hydrazine groups is 1. The van der Waals surface area contributed by atoms with Gasteiger partial charge in [0.2, 0.25) is 0 Å². The normalized spacial score (nSPS) is 31.6. The maximum atomic E-state index is 5.89. The predicted octanol–water partition coefficient (Wildman–Crippen LogP) is 0.00670. The zero-order valence-electron chi connectivity index (χ0n) is 9.95. The number of nitrogens with zero attached hydrogens (tertiary/aromatic N) is 2. The Morgan fingerprint density at radius 2 is 1.93 bits per heavy atom. The van der Waals surface area contributed by atoms with Gasteiger partial charge in [-0.05, 0) is 39.8 Å². The molecule has 0 spiro atoms. The van der Waals surface area contributed by atoms with E-state index >= 15 is 0 Å². The van der Waals surface area contributed by atoms with E-state index in [0.717, 1.165) is 13.1 Å². The molecule has 4 heteroatoms. The van der Waals surface area contributed by atoms with Crippen LogP contribution >= 0.6 is 0 Å². The first-order chi connectivity index (χ1) is 7.16. The Balaban J connectivity index is 1.78. The first-order valence-corrected chi connectivity index (χ1v) is 6.16. The minimum Gasteiger partial charge on any atom is -0.325 e. The van der Waals surface area contributed by atoms with Crippen molar-refractivity contribution in [3.8, 4) is 0 Å². The van der Waals surface area contributed by atoms with Gasteiger partial charge < -0.3 is 10.6 Å². The first kappa shape index (κ1) is 11.3. The van der Waals surface area contributed by atoms with Gasteiger partial charge in [0.1, 0.15) is 0 Å². The molecule has 2 aliphatic heterocycles. The van der Waals surface area contributed by atoms with E-state index in [0.29, 0.717) is 18.1 Å². The molecule has 4 nitrogen and oxygen atoms in total. The van der Waals surface area contributed by atoms with E-state index in [-0.39, 0.29) is 0 Å². The van der Waals surface area contributed by atoms with Crippen LogP contribution in [0.2, 0.25) is 0 Å². The Labute approximate surface area is 92.8 Å². The van der Waals surface area contributed by atoms with Crippen molar-refractivity contribution in [1.82, 2.24) is 15.3 Å². The van der Waals surface area contributed by atoms with Crippen LogP contribution in [0, 0.1) is 0 Å². The number of hydrogen-bond acceptors (Lipinski definition) is 4. The molecule has 15 heavy (non-hydrogen) atoms. The van der Waals surface area contributed by atoms with Crippen molar-refractivity contribution in [1.29, 1.82) is 0 Å². The van der Waals surface area contributed by atoms with Crippen molar-refractivity contribution in [2.75, 3.05) is 26.2 Å². The summed E-state index contributed by atoms with van der Waals surface area (Å²) in [5.74, 6) is 0. The van der Waals surface area contributed by atoms with E-state index in [4.69, 9.17) is 5.73 Å². The maximum Gasteiger partial charge on any atom is 0.0323 e. The fraction of sp³-hybridized carbons (Fsp3) is 1.00. The van der Waals surface area contributed by atoms with Gasteiger partial charge in [-0.25, -0.2) is 5.01 Å². The molecular weight excluding hydrogens is 188 g/mol. The summed E-state index contributed by atoms with van der Waals surface area (Å²) in [7, 11) is 0. The van der Waals surface area contributed by atoms with E-state index in [2.05, 4.69) is 29.2 Å². The SMILES string of the molecule is CC(C)N1CCC(N2C[C@H](N)CN2)CC1. The van der Waals surface area contributed by atoms with E-state index < -0.39 is 0 Å². The van der Waals surface area contributed by atoms with Crippen LogP contribution in [-0.2, 0) is 0 Å². The van der Waals surface area contributed by atoms with Crippen LogP contribution < -0.4 is 11.2 Å². The van der Waals surface area contributed by atoms with Crippen LogP contribution in [-0.4, -0.2) is 54.2 Å². The summed E-state index contributed by atoms with van der Waals surface area (Å²) in [5, 5.41) is 2.36. The van der Waals surface area contributed by atoms with Gasteiger partial charge in [0.25, 0.3) is 0 Å². The lowest BCUT2D eigenvalue weighted by atomic mass is 10.0. The molecule has 2 fully saturated rings. The summed E-state index contributed by atoms with van der Waals surface area (Å²) < 4.78 is 0. The molecule has 0 aromatic carbocycles. The quantitative estimate of drug-likeness (QED) is 0.677. The van der Waals surface area contributed by atoms with Crippen LogP contribution in [0.1, 0.15) is 26.7 Å². The van der Waals surface area contributed by atoms with E-state index in [9.17, 15) is 0 Å². The van der Waals surface area contributed by atoms with Crippen LogP contribution in [0.25, 0.3) is 0 Å². The maximum absolute atomic E-state index is 5.89. The third kappa shape index (κ3) is 2.69. The van der Waals surface area contributed by atoms with E-state index in [1.807, 2.05) is 0 Å². The number of likely N-dealkylation sites (tertiary alicyclic amines) is 1. The highest BCUT2D eigenvalue weighted by Gasteiger charge is 2.29. The molecule has 0 unspecified atom stereocenters. The molecule has 2 saturated heterocycles. The number of nitrogens with two attached hydrogens (primary N) is 1. The van der Waals surface area contributed by atoms with Gasteiger partial charge in [-0.2, -0.15) is 0 Å². The second-order valence-corrected chi connectivity index (χ2v) is 5.14. The lowest BCUT2D eigenvalue weighted by molar-refractivity contribution is 0.0802. The van der Waals surface area contributed by atoms with Gasteiger partial charge in [-0.3, -0.25) is 5.43 Å². The molecule has 0 aliphatic carbocycles. The van der Waals surface area contributed by atoms with Gasteiger partial charge in [0, 0.05) is 31.2 Å². The van der Waals surface area contributed by atoms with E-state index in [1.54, 1.807) is 0 Å². The minimum absolute atomic E-state index is 0.327. The van der Waals surface area contributed by atoms with Gasteiger partial charge in [-0.1, -0.05) is 0 Å². The fourth-order valence-electron chi connectivity index (χ4n) is 2.61. The third-order valence-corrected chi connectivity index (χ3v) is 3.66. The lowest BCUT2D eigenvalue weighted by Gasteiger charge is -2.38. The predicted molar refractivity (Wildman–Crippen MR) is 62.4 cm³/mol. The molecule has 2 heterocycles. The molecule has 3 N–H and O–H groups in total. The lowest BCUT2D eigenvalue weighted by Crippen LogP contribution is -2.49. The molecule has 88 valence electrons. The number of nitrogens with one attached hydrogen (secondary N) is 1. The number of piperidine rings is 1. The standard InChI is InChI=1S/C11H24N4/c1-9(2)14-5-3-11(4-6-14)15-8-10(12)7-13-15/h9-11,13H,3-8,12H2,1-2H3/t10-/m1/s1. The van der Waals surface area contributed by atoms with Crippen LogP contribution in [0.3, 0.4) is 0 Å². The molecule has 0 aromatic heterocycles. The van der Waals surface area contributed by atoms with Crippen molar-refractivity contribution >= 4 is 0 Å². The van der Waals surface area contributed by atoms with E-state index in [1.165, 1.54) is 25.9 Å². The van der Waals surface area contributed by atoms with Crippen molar-refractivity contribution in [3.63, 3.8) is 0 Å². The fourth-order valence-corrected chi connectivity index (χ4v) is 2.61. The molecule has 1 atom stereocenters. The summed E-state index contributed by atoms with van der Waals surface area (Å²) in [4.78, 5) is 2.56. The molecule has 2 aliphatic rings. The van der Waals surface area contributed by atoms with Crippen LogP contribution in [0.4, 0.5) is 0 Å². The molecule has 0 bridgehead atoms. The topological polar surface area (TPSA) is 44.5 Å². The third-order valence-electron chi connectivity index (χ3n) is 3.66. The Morgan fingerprint density at radius 1 is 1.27 bits per heavy atom. The number of rotatable bonds is 2. The minimum atomic E-state index is 0.327. The summed E-state index contributed by atoms with van der Waals surface area (Å²) in [6.45, 7) is 9.00. The summed E-state index contributed by atoms with van der Waals surface area (Å²) >= 11 is 0. The highest BCUT2D eigenvalue weighted by molar-refractivity contribution is 4.85. The van der Waals surface area contributed by atoms with Crippen molar-refractivity contribution in [3.05, 3.63) is 0 Å². The monoisotopic (exact) mass is 212 g/mol. The van der Waals surface area contributed by atoms with Crippen molar-refractivity contribution in [2.24, 2.45) is 5.73 Å². The highest BCUT2D eigenvalue weighted by Crippen LogP contribution is 2.18. The average Bonchev–Trinajstić information content (AvgIpc) is 2.65. The molecule has 0 radical (unpaired) electrons. The molecule has 0 amide bonds. The average molecular weight is 212 g/mol. The van der Waals surface area contributed by atoms with Gasteiger partial charge >= 0.3 is 0 Å². The molecule has 0 saturated carbocycles. The Kier molecular flexibility index (Phi) is 3.61. The van der Waals surface area contributed by atoms with Gasteiger partial charge in [0.05, 0.1) is 0 Å². The van der Waals surface area contributed by atoms with Gasteiger partial charge in [-0.15, -0.1) is 0 Å². The molecule has 0 aromatic rings. The highest BCUT2D eigenvalue weighted by atomic mass is 15.6. The van der Waals surface area contributed by atoms with Gasteiger partial charge in [0.15, 0.2) is 0 Å². The van der Waals surface area contributed by atoms with Crippen molar-refractivity contribution < 1.29 is 0 Å². The first-order valence-electron chi connectivity index (χ1n) is 6.16. The largest absolute Gasteiger partial charge is 0.325 e. The molecule has 2 rings (SSSR count). The Bertz CT molecular complexity index is 199. The van der Waals surface area contributed by atoms with Crippen LogP contribution in [0.5, 0.6) is 0 Å². The second-order valence-electron chi connectivity index (χ2n) is 5.14. The summed E-state index contributed by atoms with van der Waals surface area (Å²) in [6, 6.07) is 1.72. The zero-order valence-corrected chi connectivity index (χ0v) is 9.95. The van der Waals surface area contributed by atoms with Crippen LogP contribution in [0.15, 0.2) is 0 Å². The Hall–Kier alpha value is -0.160. The summed E-state index contributed by atoms with van der Waals surface area (Å²) in [6.07, 6.45) is 2.55. The summed E-state index contributed by atoms with van der Waals surface area (Å²) in [5.41, 5.74) is 9.30. The van der Waals surface area contributed by atoms with Crippen molar-refractivity contribution in [2.45, 2.75) is 44.8 Å². The Morgan fingerprint density at radius 3 is 2.40 bits per heavy atom. The number of hydrogen-bond donors (Lipinski definition) is 2. The second kappa shape index (κ2) is 4.78. The zero-order chi connectivity index (χ0) is 10.8. The molecular formula is C11H24N4.